The molecule has 2 atom stereocenters. The van der Waals surface area contributed by atoms with Gasteiger partial charge in [-0.05, 0) is 31.9 Å². The number of aryl methyl sites for hydroxylation is 1. The zero-order valence-corrected chi connectivity index (χ0v) is 12.7. The van der Waals surface area contributed by atoms with Crippen molar-refractivity contribution in [1.29, 1.82) is 0 Å². The highest BCUT2D eigenvalue weighted by Gasteiger charge is 2.28. The van der Waals surface area contributed by atoms with Crippen molar-refractivity contribution in [1.82, 2.24) is 9.88 Å². The summed E-state index contributed by atoms with van der Waals surface area (Å²) in [5.41, 5.74) is 2.16. The van der Waals surface area contributed by atoms with Gasteiger partial charge in [0.25, 0.3) is 0 Å². The van der Waals surface area contributed by atoms with Gasteiger partial charge in [-0.2, -0.15) is 0 Å². The van der Waals surface area contributed by atoms with Crippen LogP contribution in [0.2, 0.25) is 0 Å². The molecule has 4 nitrogen and oxygen atoms in total. The van der Waals surface area contributed by atoms with Crippen LogP contribution in [0.4, 0.5) is 0 Å². The van der Waals surface area contributed by atoms with Gasteiger partial charge in [0.05, 0.1) is 18.8 Å². The number of pyridine rings is 1. The smallest absolute Gasteiger partial charge is 0.0964 e. The van der Waals surface area contributed by atoms with Crippen LogP contribution in [-0.4, -0.2) is 52.9 Å². The highest BCUT2D eigenvalue weighted by Crippen LogP contribution is 2.14. The molecule has 0 aromatic carbocycles. The van der Waals surface area contributed by atoms with Crippen molar-refractivity contribution in [2.75, 3.05) is 19.7 Å². The van der Waals surface area contributed by atoms with Crippen LogP contribution in [-0.2, 0) is 17.6 Å². The quantitative estimate of drug-likeness (QED) is 0.889. The summed E-state index contributed by atoms with van der Waals surface area (Å²) < 4.78 is 5.72. The van der Waals surface area contributed by atoms with Gasteiger partial charge in [-0.3, -0.25) is 9.88 Å². The molecule has 1 aliphatic heterocycles. The molecule has 0 bridgehead atoms. The highest BCUT2D eigenvalue weighted by atomic mass is 16.5. The lowest BCUT2D eigenvalue weighted by Crippen LogP contribution is -2.50. The molecule has 2 unspecified atom stereocenters. The van der Waals surface area contributed by atoms with E-state index in [1.54, 1.807) is 0 Å². The van der Waals surface area contributed by atoms with Crippen molar-refractivity contribution in [3.63, 3.8) is 0 Å². The average Bonchev–Trinajstić information content (AvgIpc) is 2.48. The topological polar surface area (TPSA) is 45.6 Å². The number of aromatic nitrogens is 1. The Kier molecular flexibility index (Phi) is 5.52. The maximum atomic E-state index is 10.4. The van der Waals surface area contributed by atoms with Gasteiger partial charge < -0.3 is 9.84 Å². The highest BCUT2D eigenvalue weighted by molar-refractivity contribution is 5.14. The Morgan fingerprint density at radius 2 is 2.25 bits per heavy atom. The second-order valence-corrected chi connectivity index (χ2v) is 5.78. The lowest BCUT2D eigenvalue weighted by atomic mass is 10.0. The summed E-state index contributed by atoms with van der Waals surface area (Å²) in [6.45, 7) is 8.92. The van der Waals surface area contributed by atoms with Crippen molar-refractivity contribution in [3.8, 4) is 0 Å². The molecule has 4 heteroatoms. The van der Waals surface area contributed by atoms with E-state index < -0.39 is 6.10 Å². The monoisotopic (exact) mass is 278 g/mol. The van der Waals surface area contributed by atoms with Crippen molar-refractivity contribution < 1.29 is 9.84 Å². The Morgan fingerprint density at radius 3 is 2.85 bits per heavy atom. The number of rotatable bonds is 5. The molecule has 0 radical (unpaired) electrons. The summed E-state index contributed by atoms with van der Waals surface area (Å²) in [5, 5.41) is 10.4. The van der Waals surface area contributed by atoms with E-state index in [0.29, 0.717) is 19.1 Å². The van der Waals surface area contributed by atoms with E-state index in [4.69, 9.17) is 4.74 Å². The first-order valence-electron chi connectivity index (χ1n) is 7.57. The van der Waals surface area contributed by atoms with Crippen molar-refractivity contribution in [2.45, 2.75) is 51.9 Å². The maximum absolute atomic E-state index is 10.4. The molecule has 1 N–H and O–H groups in total. The van der Waals surface area contributed by atoms with E-state index >= 15 is 0 Å². The van der Waals surface area contributed by atoms with Crippen LogP contribution in [0.15, 0.2) is 18.3 Å². The van der Waals surface area contributed by atoms with Gasteiger partial charge in [-0.25, -0.2) is 0 Å². The van der Waals surface area contributed by atoms with Crippen LogP contribution >= 0.6 is 0 Å². The third-order valence-electron chi connectivity index (χ3n) is 4.00. The Morgan fingerprint density at radius 1 is 1.45 bits per heavy atom. The largest absolute Gasteiger partial charge is 0.390 e. The minimum atomic E-state index is -0.489. The van der Waals surface area contributed by atoms with E-state index in [-0.39, 0.29) is 6.10 Å². The Labute approximate surface area is 121 Å². The third-order valence-corrected chi connectivity index (χ3v) is 4.00. The first kappa shape index (κ1) is 15.4. The van der Waals surface area contributed by atoms with Gasteiger partial charge in [0.2, 0.25) is 0 Å². The first-order chi connectivity index (χ1) is 9.60. The Hall–Kier alpha value is -0.970. The van der Waals surface area contributed by atoms with Crippen LogP contribution in [0, 0.1) is 0 Å². The molecule has 20 heavy (non-hydrogen) atoms. The van der Waals surface area contributed by atoms with Crippen molar-refractivity contribution >= 4 is 0 Å². The van der Waals surface area contributed by atoms with Gasteiger partial charge in [-0.1, -0.05) is 13.0 Å². The lowest BCUT2D eigenvalue weighted by Gasteiger charge is -2.37. The standard InChI is InChI=1S/C16H26N2O2/c1-4-13-5-6-14(17-10-13)9-15(19)16-11-18(12(2)3)7-8-20-16/h5-6,10,12,15-16,19H,4,7-9,11H2,1-3H3. The Balaban J connectivity index is 1.91. The molecular weight excluding hydrogens is 252 g/mol. The van der Waals surface area contributed by atoms with Gasteiger partial charge >= 0.3 is 0 Å². The minimum absolute atomic E-state index is 0.112. The predicted molar refractivity (Wildman–Crippen MR) is 79.8 cm³/mol. The van der Waals surface area contributed by atoms with Crippen molar-refractivity contribution in [2.24, 2.45) is 0 Å². The summed E-state index contributed by atoms with van der Waals surface area (Å²) in [4.78, 5) is 6.76. The zero-order valence-electron chi connectivity index (χ0n) is 12.7. The van der Waals surface area contributed by atoms with Crippen LogP contribution in [0.3, 0.4) is 0 Å². The fraction of sp³-hybridized carbons (Fsp3) is 0.688. The second kappa shape index (κ2) is 7.16. The number of aliphatic hydroxyl groups is 1. The normalized spacial score (nSPS) is 22.1. The SMILES string of the molecule is CCc1ccc(CC(O)C2CN(C(C)C)CCO2)nc1. The molecular formula is C16H26N2O2. The summed E-state index contributed by atoms with van der Waals surface area (Å²) in [7, 11) is 0. The molecule has 112 valence electrons. The van der Waals surface area contributed by atoms with E-state index in [1.807, 2.05) is 12.3 Å². The summed E-state index contributed by atoms with van der Waals surface area (Å²) in [6.07, 6.45) is 2.84. The molecule has 2 heterocycles. The number of aliphatic hydroxyl groups excluding tert-OH is 1. The molecule has 2 rings (SSSR count). The van der Waals surface area contributed by atoms with Crippen LogP contribution in [0.1, 0.15) is 32.0 Å². The lowest BCUT2D eigenvalue weighted by molar-refractivity contribution is -0.0942. The number of hydrogen-bond donors (Lipinski definition) is 1. The molecule has 0 saturated carbocycles. The number of morpholine rings is 1. The molecule has 1 aliphatic rings. The second-order valence-electron chi connectivity index (χ2n) is 5.78. The molecule has 0 aliphatic carbocycles. The van der Waals surface area contributed by atoms with Crippen LogP contribution in [0.25, 0.3) is 0 Å². The molecule has 1 aromatic rings. The minimum Gasteiger partial charge on any atom is -0.390 e. The van der Waals surface area contributed by atoms with Gasteiger partial charge in [-0.15, -0.1) is 0 Å². The van der Waals surface area contributed by atoms with E-state index in [9.17, 15) is 5.11 Å². The predicted octanol–water partition coefficient (Wildman–Crippen LogP) is 1.66. The maximum Gasteiger partial charge on any atom is 0.0964 e. The zero-order chi connectivity index (χ0) is 14.5. The number of hydrogen-bond acceptors (Lipinski definition) is 4. The van der Waals surface area contributed by atoms with E-state index in [1.165, 1.54) is 5.56 Å². The fourth-order valence-electron chi connectivity index (χ4n) is 2.53. The van der Waals surface area contributed by atoms with Crippen LogP contribution in [0.5, 0.6) is 0 Å². The number of nitrogens with zero attached hydrogens (tertiary/aromatic N) is 2. The molecule has 0 amide bonds. The van der Waals surface area contributed by atoms with Gasteiger partial charge in [0, 0.05) is 37.4 Å². The van der Waals surface area contributed by atoms with E-state index in [0.717, 1.165) is 25.2 Å². The molecule has 1 saturated heterocycles. The van der Waals surface area contributed by atoms with Gasteiger partial charge in [0.1, 0.15) is 0 Å². The molecule has 0 spiro atoms. The Bertz CT molecular complexity index is 405. The molecule has 1 fully saturated rings. The van der Waals surface area contributed by atoms with E-state index in [2.05, 4.69) is 36.7 Å². The summed E-state index contributed by atoms with van der Waals surface area (Å²) in [6, 6.07) is 4.58. The van der Waals surface area contributed by atoms with Crippen molar-refractivity contribution in [3.05, 3.63) is 29.6 Å². The fourth-order valence-corrected chi connectivity index (χ4v) is 2.53. The summed E-state index contributed by atoms with van der Waals surface area (Å²) in [5.74, 6) is 0. The van der Waals surface area contributed by atoms with Gasteiger partial charge in [0.15, 0.2) is 0 Å². The first-order valence-corrected chi connectivity index (χ1v) is 7.57. The summed E-state index contributed by atoms with van der Waals surface area (Å²) >= 11 is 0. The third kappa shape index (κ3) is 4.01. The number of ether oxygens (including phenoxy) is 1. The molecule has 1 aromatic heterocycles. The average molecular weight is 278 g/mol. The van der Waals surface area contributed by atoms with Crippen LogP contribution < -0.4 is 0 Å².